The van der Waals surface area contributed by atoms with Crippen molar-refractivity contribution in [2.75, 3.05) is 4.90 Å². The molecule has 1 saturated heterocycles. The van der Waals surface area contributed by atoms with Gasteiger partial charge in [0.15, 0.2) is 10.1 Å². The van der Waals surface area contributed by atoms with Gasteiger partial charge in [0.1, 0.15) is 11.3 Å². The van der Waals surface area contributed by atoms with E-state index >= 15 is 0 Å². The molecule has 0 spiro atoms. The molecule has 1 fully saturated rings. The van der Waals surface area contributed by atoms with Crippen LogP contribution in [0.15, 0.2) is 83.1 Å². The third-order valence-electron chi connectivity index (χ3n) is 6.28. The maximum absolute atomic E-state index is 13.5. The Bertz CT molecular complexity index is 1770. The van der Waals surface area contributed by atoms with Crippen molar-refractivity contribution in [3.8, 4) is 0 Å². The molecule has 1 N–H and O–H groups in total. The van der Waals surface area contributed by atoms with E-state index in [0.717, 1.165) is 5.56 Å². The highest BCUT2D eigenvalue weighted by Gasteiger charge is 2.49. The Kier molecular flexibility index (Phi) is 6.63. The van der Waals surface area contributed by atoms with Crippen LogP contribution in [0.2, 0.25) is 5.02 Å². The highest BCUT2D eigenvalue weighted by atomic mass is 35.5. The molecule has 39 heavy (non-hydrogen) atoms. The summed E-state index contributed by atoms with van der Waals surface area (Å²) in [5.74, 6) is -1.39. The van der Waals surface area contributed by atoms with Crippen LogP contribution in [-0.4, -0.2) is 41.4 Å². The lowest BCUT2D eigenvalue weighted by Gasteiger charge is -2.22. The fraction of sp³-hybridized carbons (Fsp3) is 0.111. The van der Waals surface area contributed by atoms with E-state index in [4.69, 9.17) is 11.6 Å². The molecule has 194 valence electrons. The number of benzene rings is 1. The summed E-state index contributed by atoms with van der Waals surface area (Å²) in [6.45, 7) is 1.74. The third kappa shape index (κ3) is 4.48. The van der Waals surface area contributed by atoms with Gasteiger partial charge in [-0.05, 0) is 42.3 Å². The van der Waals surface area contributed by atoms with Crippen LogP contribution in [0.3, 0.4) is 0 Å². The van der Waals surface area contributed by atoms with Gasteiger partial charge in [0.05, 0.1) is 17.3 Å². The molecule has 12 heteroatoms. The zero-order chi connectivity index (χ0) is 27.1. The van der Waals surface area contributed by atoms with Crippen molar-refractivity contribution in [3.05, 3.63) is 106 Å². The van der Waals surface area contributed by atoms with E-state index in [1.54, 1.807) is 54.2 Å². The molecule has 1 aliphatic rings. The fourth-order valence-corrected chi connectivity index (χ4v) is 6.68. The SMILES string of the molecule is Cc1nc2ccccn2c1/C(O)=C1\C(=O)C(=O)N(c2nnc(SCc3ccccc3Cl)s2)C1c1cccnc1. The lowest BCUT2D eigenvalue weighted by Crippen LogP contribution is -2.29. The first kappa shape index (κ1) is 25.2. The number of carbonyl (C=O) groups is 2. The smallest absolute Gasteiger partial charge is 0.301 e. The number of imidazole rings is 1. The Morgan fingerprint density at radius 3 is 2.72 bits per heavy atom. The van der Waals surface area contributed by atoms with E-state index in [1.165, 1.54) is 28.0 Å². The van der Waals surface area contributed by atoms with Gasteiger partial charge in [-0.25, -0.2) is 4.98 Å². The van der Waals surface area contributed by atoms with Crippen molar-refractivity contribution in [1.82, 2.24) is 24.6 Å². The van der Waals surface area contributed by atoms with Crippen LogP contribution in [0.25, 0.3) is 11.4 Å². The average Bonchev–Trinajstić information content (AvgIpc) is 3.62. The number of amides is 1. The maximum atomic E-state index is 13.5. The number of aryl methyl sites for hydroxylation is 1. The summed E-state index contributed by atoms with van der Waals surface area (Å²) in [6.07, 6.45) is 4.90. The van der Waals surface area contributed by atoms with Gasteiger partial charge in [-0.15, -0.1) is 10.2 Å². The molecule has 1 unspecified atom stereocenters. The molecule has 9 nitrogen and oxygen atoms in total. The van der Waals surface area contributed by atoms with Crippen LogP contribution in [0.1, 0.15) is 28.6 Å². The largest absolute Gasteiger partial charge is 0.505 e. The molecule has 5 aromatic rings. The molecule has 0 radical (unpaired) electrons. The first-order chi connectivity index (χ1) is 18.9. The normalized spacial score (nSPS) is 16.9. The van der Waals surface area contributed by atoms with Crippen molar-refractivity contribution in [1.29, 1.82) is 0 Å². The number of pyridine rings is 2. The second kappa shape index (κ2) is 10.3. The Hall–Kier alpha value is -4.06. The minimum atomic E-state index is -0.957. The van der Waals surface area contributed by atoms with Gasteiger partial charge >= 0.3 is 5.91 Å². The number of aromatic nitrogens is 5. The Balaban J connectivity index is 1.43. The lowest BCUT2D eigenvalue weighted by molar-refractivity contribution is -0.132. The molecule has 5 heterocycles. The average molecular weight is 575 g/mol. The summed E-state index contributed by atoms with van der Waals surface area (Å²) in [4.78, 5) is 36.9. The Labute approximate surface area is 235 Å². The number of aliphatic hydroxyl groups is 1. The van der Waals surface area contributed by atoms with E-state index in [0.29, 0.717) is 37.7 Å². The minimum absolute atomic E-state index is 0.0674. The summed E-state index contributed by atoms with van der Waals surface area (Å²) in [7, 11) is 0. The molecular formula is C27H19ClN6O3S2. The van der Waals surface area contributed by atoms with Crippen molar-refractivity contribution < 1.29 is 14.7 Å². The van der Waals surface area contributed by atoms with E-state index in [1.807, 2.05) is 30.3 Å². The molecule has 4 aromatic heterocycles. The molecule has 0 saturated carbocycles. The van der Waals surface area contributed by atoms with Gasteiger partial charge in [-0.1, -0.05) is 65.0 Å². The zero-order valence-corrected chi connectivity index (χ0v) is 22.7. The number of halogens is 1. The van der Waals surface area contributed by atoms with E-state index in [9.17, 15) is 14.7 Å². The summed E-state index contributed by atoms with van der Waals surface area (Å²) in [6, 6.07) is 15.4. The number of ketones is 1. The van der Waals surface area contributed by atoms with Crippen molar-refractivity contribution in [2.24, 2.45) is 0 Å². The number of thioether (sulfide) groups is 1. The van der Waals surface area contributed by atoms with Crippen molar-refractivity contribution >= 4 is 62.9 Å². The number of aliphatic hydroxyl groups excluding tert-OH is 1. The third-order valence-corrected chi connectivity index (χ3v) is 8.76. The zero-order valence-electron chi connectivity index (χ0n) is 20.4. The molecule has 1 amide bonds. The van der Waals surface area contributed by atoms with Crippen LogP contribution in [-0.2, 0) is 15.3 Å². The quantitative estimate of drug-likeness (QED) is 0.0935. The van der Waals surface area contributed by atoms with Crippen LogP contribution in [0.5, 0.6) is 0 Å². The number of rotatable bonds is 6. The van der Waals surface area contributed by atoms with Crippen LogP contribution < -0.4 is 4.90 Å². The van der Waals surface area contributed by atoms with Gasteiger partial charge in [0.25, 0.3) is 5.78 Å². The van der Waals surface area contributed by atoms with Crippen LogP contribution in [0.4, 0.5) is 5.13 Å². The lowest BCUT2D eigenvalue weighted by atomic mass is 9.97. The van der Waals surface area contributed by atoms with Crippen molar-refractivity contribution in [3.63, 3.8) is 0 Å². The van der Waals surface area contributed by atoms with Crippen LogP contribution in [0, 0.1) is 6.92 Å². The van der Waals surface area contributed by atoms with E-state index < -0.39 is 17.7 Å². The van der Waals surface area contributed by atoms with Crippen molar-refractivity contribution in [2.45, 2.75) is 23.1 Å². The molecule has 6 rings (SSSR count). The van der Waals surface area contributed by atoms with Gasteiger partial charge in [-0.2, -0.15) is 0 Å². The van der Waals surface area contributed by atoms with Gasteiger partial charge in [-0.3, -0.25) is 23.9 Å². The van der Waals surface area contributed by atoms with Gasteiger partial charge < -0.3 is 5.11 Å². The Morgan fingerprint density at radius 2 is 1.92 bits per heavy atom. The number of hydrogen-bond acceptors (Lipinski definition) is 9. The van der Waals surface area contributed by atoms with Gasteiger partial charge in [0, 0.05) is 29.4 Å². The maximum Gasteiger partial charge on any atom is 0.301 e. The number of carbonyl (C=O) groups excluding carboxylic acids is 2. The second-order valence-corrected chi connectivity index (χ2v) is 11.2. The molecule has 1 atom stereocenters. The van der Waals surface area contributed by atoms with E-state index in [-0.39, 0.29) is 16.5 Å². The molecule has 0 bridgehead atoms. The monoisotopic (exact) mass is 574 g/mol. The molecule has 1 aromatic carbocycles. The Morgan fingerprint density at radius 1 is 1.10 bits per heavy atom. The highest BCUT2D eigenvalue weighted by molar-refractivity contribution is 8.00. The van der Waals surface area contributed by atoms with Crippen LogP contribution >= 0.6 is 34.7 Å². The summed E-state index contributed by atoms with van der Waals surface area (Å²) in [5, 5.41) is 20.9. The number of nitrogens with zero attached hydrogens (tertiary/aromatic N) is 6. The van der Waals surface area contributed by atoms with Gasteiger partial charge in [0.2, 0.25) is 5.13 Å². The minimum Gasteiger partial charge on any atom is -0.505 e. The first-order valence-corrected chi connectivity index (χ1v) is 14.0. The van der Waals surface area contributed by atoms with E-state index in [2.05, 4.69) is 20.2 Å². The predicted molar refractivity (Wildman–Crippen MR) is 150 cm³/mol. The summed E-state index contributed by atoms with van der Waals surface area (Å²) < 4.78 is 2.29. The topological polar surface area (TPSA) is 114 Å². The number of hydrogen-bond donors (Lipinski definition) is 1. The molecule has 0 aliphatic carbocycles. The number of Topliss-reactive ketones (excluding diaryl/α,β-unsaturated/α-hetero) is 1. The predicted octanol–water partition coefficient (Wildman–Crippen LogP) is 5.46. The standard InChI is InChI=1S/C27H19ClN6O3S2/c1-15-21(33-12-5-4-10-19(33)30-15)23(35)20-22(16-8-6-11-29-13-16)34(25(37)24(20)36)26-31-32-27(39-26)38-14-17-7-2-3-9-18(17)28/h2-13,22,35H,14H2,1H3/b23-20+. The second-order valence-electron chi connectivity index (χ2n) is 8.66. The number of anilines is 1. The number of fused-ring (bicyclic) bond motifs is 1. The molecule has 1 aliphatic heterocycles. The highest BCUT2D eigenvalue weighted by Crippen LogP contribution is 2.44. The summed E-state index contributed by atoms with van der Waals surface area (Å²) in [5.41, 5.74) is 2.88. The fourth-order valence-electron chi connectivity index (χ4n) is 4.52. The first-order valence-electron chi connectivity index (χ1n) is 11.8. The molecular weight excluding hydrogens is 556 g/mol. The summed E-state index contributed by atoms with van der Waals surface area (Å²) >= 11 is 8.89.